The van der Waals surface area contributed by atoms with Crippen molar-refractivity contribution >= 4 is 5.91 Å². The zero-order valence-corrected chi connectivity index (χ0v) is 16.3. The number of carbonyl (C=O) groups is 1. The SMILES string of the molecule is C[C@@H](NCC(=O)N1CCN(Cc2ccc3c(c2)OCO3)CC1)c1ccccc1. The molecule has 2 aliphatic rings. The Kier molecular flexibility index (Phi) is 5.78. The Labute approximate surface area is 166 Å². The monoisotopic (exact) mass is 381 g/mol. The van der Waals surface area contributed by atoms with Gasteiger partial charge in [0.15, 0.2) is 11.5 Å². The number of piperazine rings is 1. The minimum absolute atomic E-state index is 0.164. The fraction of sp³-hybridized carbons (Fsp3) is 0.409. The molecule has 0 unspecified atom stereocenters. The number of hydrogen-bond acceptors (Lipinski definition) is 5. The third kappa shape index (κ3) is 4.46. The molecule has 1 atom stereocenters. The minimum atomic E-state index is 0.164. The summed E-state index contributed by atoms with van der Waals surface area (Å²) in [7, 11) is 0. The van der Waals surface area contributed by atoms with Crippen molar-refractivity contribution in [3.63, 3.8) is 0 Å². The molecule has 0 saturated carbocycles. The minimum Gasteiger partial charge on any atom is -0.454 e. The van der Waals surface area contributed by atoms with Gasteiger partial charge in [-0.3, -0.25) is 9.69 Å². The van der Waals surface area contributed by atoms with Crippen molar-refractivity contribution in [2.75, 3.05) is 39.5 Å². The van der Waals surface area contributed by atoms with Gasteiger partial charge in [-0.15, -0.1) is 0 Å². The van der Waals surface area contributed by atoms with Crippen LogP contribution in [0.15, 0.2) is 48.5 Å². The van der Waals surface area contributed by atoms with Crippen LogP contribution in [0.25, 0.3) is 0 Å². The topological polar surface area (TPSA) is 54.0 Å². The molecule has 1 amide bonds. The number of nitrogens with zero attached hydrogens (tertiary/aromatic N) is 2. The predicted octanol–water partition coefficient (Wildman–Crippen LogP) is 2.41. The third-order valence-corrected chi connectivity index (χ3v) is 5.43. The summed E-state index contributed by atoms with van der Waals surface area (Å²) in [6.07, 6.45) is 0. The van der Waals surface area contributed by atoms with E-state index in [1.165, 1.54) is 11.1 Å². The number of fused-ring (bicyclic) bond motifs is 1. The van der Waals surface area contributed by atoms with Crippen molar-refractivity contribution in [2.45, 2.75) is 19.5 Å². The van der Waals surface area contributed by atoms with E-state index in [1.807, 2.05) is 29.2 Å². The molecule has 0 spiro atoms. The lowest BCUT2D eigenvalue weighted by molar-refractivity contribution is -0.132. The maximum atomic E-state index is 12.5. The van der Waals surface area contributed by atoms with Crippen molar-refractivity contribution in [3.8, 4) is 11.5 Å². The van der Waals surface area contributed by atoms with Gasteiger partial charge in [-0.05, 0) is 30.2 Å². The second kappa shape index (κ2) is 8.63. The molecule has 6 heteroatoms. The molecule has 1 fully saturated rings. The van der Waals surface area contributed by atoms with Crippen LogP contribution in [0.1, 0.15) is 24.1 Å². The highest BCUT2D eigenvalue weighted by Gasteiger charge is 2.22. The fourth-order valence-corrected chi connectivity index (χ4v) is 3.66. The van der Waals surface area contributed by atoms with Gasteiger partial charge in [0.05, 0.1) is 6.54 Å². The number of nitrogens with one attached hydrogen (secondary N) is 1. The second-order valence-corrected chi connectivity index (χ2v) is 7.36. The van der Waals surface area contributed by atoms with Gasteiger partial charge in [-0.2, -0.15) is 0 Å². The van der Waals surface area contributed by atoms with Crippen LogP contribution in [-0.2, 0) is 11.3 Å². The van der Waals surface area contributed by atoms with Crippen molar-refractivity contribution in [2.24, 2.45) is 0 Å². The van der Waals surface area contributed by atoms with Crippen molar-refractivity contribution in [3.05, 3.63) is 59.7 Å². The molecule has 0 radical (unpaired) electrons. The quantitative estimate of drug-likeness (QED) is 0.833. The van der Waals surface area contributed by atoms with Gasteiger partial charge in [0.1, 0.15) is 0 Å². The first-order valence-electron chi connectivity index (χ1n) is 9.86. The molecule has 1 saturated heterocycles. The second-order valence-electron chi connectivity index (χ2n) is 7.36. The highest BCUT2D eigenvalue weighted by molar-refractivity contribution is 5.78. The van der Waals surface area contributed by atoms with Crippen LogP contribution in [0.4, 0.5) is 0 Å². The van der Waals surface area contributed by atoms with Gasteiger partial charge in [0.25, 0.3) is 0 Å². The summed E-state index contributed by atoms with van der Waals surface area (Å²) in [4.78, 5) is 16.9. The summed E-state index contributed by atoms with van der Waals surface area (Å²) in [5.41, 5.74) is 2.41. The number of hydrogen-bond donors (Lipinski definition) is 1. The lowest BCUT2D eigenvalue weighted by Crippen LogP contribution is -2.50. The zero-order chi connectivity index (χ0) is 19.3. The third-order valence-electron chi connectivity index (χ3n) is 5.43. The first kappa shape index (κ1) is 18.8. The van der Waals surface area contributed by atoms with E-state index >= 15 is 0 Å². The lowest BCUT2D eigenvalue weighted by atomic mass is 10.1. The number of rotatable bonds is 6. The van der Waals surface area contributed by atoms with E-state index in [1.54, 1.807) is 0 Å². The number of amides is 1. The first-order chi connectivity index (χ1) is 13.7. The van der Waals surface area contributed by atoms with Crippen LogP contribution in [0.5, 0.6) is 11.5 Å². The molecule has 0 bridgehead atoms. The Bertz CT molecular complexity index is 804. The number of ether oxygens (including phenoxy) is 2. The summed E-state index contributed by atoms with van der Waals surface area (Å²) in [5.74, 6) is 1.81. The Balaban J connectivity index is 1.22. The maximum absolute atomic E-state index is 12.5. The lowest BCUT2D eigenvalue weighted by Gasteiger charge is -2.35. The van der Waals surface area contributed by atoms with E-state index in [-0.39, 0.29) is 11.9 Å². The molecular weight excluding hydrogens is 354 g/mol. The molecule has 2 heterocycles. The Morgan fingerprint density at radius 3 is 2.57 bits per heavy atom. The average molecular weight is 381 g/mol. The Hall–Kier alpha value is -2.57. The van der Waals surface area contributed by atoms with Gasteiger partial charge in [-0.1, -0.05) is 36.4 Å². The average Bonchev–Trinajstić information content (AvgIpc) is 3.21. The van der Waals surface area contributed by atoms with E-state index in [4.69, 9.17) is 9.47 Å². The van der Waals surface area contributed by atoms with Gasteiger partial charge in [-0.25, -0.2) is 0 Å². The van der Waals surface area contributed by atoms with Crippen LogP contribution >= 0.6 is 0 Å². The fourth-order valence-electron chi connectivity index (χ4n) is 3.66. The normalized spacial score (nSPS) is 17.5. The molecule has 148 valence electrons. The Morgan fingerprint density at radius 1 is 1.04 bits per heavy atom. The molecule has 2 aromatic rings. The predicted molar refractivity (Wildman–Crippen MR) is 107 cm³/mol. The van der Waals surface area contributed by atoms with Crippen molar-refractivity contribution < 1.29 is 14.3 Å². The van der Waals surface area contributed by atoms with E-state index in [0.29, 0.717) is 13.3 Å². The van der Waals surface area contributed by atoms with Crippen LogP contribution < -0.4 is 14.8 Å². The van der Waals surface area contributed by atoms with E-state index in [0.717, 1.165) is 44.2 Å². The molecule has 0 aliphatic carbocycles. The van der Waals surface area contributed by atoms with E-state index < -0.39 is 0 Å². The van der Waals surface area contributed by atoms with Crippen molar-refractivity contribution in [1.82, 2.24) is 15.1 Å². The van der Waals surface area contributed by atoms with Crippen LogP contribution in [0.3, 0.4) is 0 Å². The van der Waals surface area contributed by atoms with Crippen LogP contribution in [0, 0.1) is 0 Å². The zero-order valence-electron chi connectivity index (χ0n) is 16.3. The summed E-state index contributed by atoms with van der Waals surface area (Å²) in [6, 6.07) is 16.5. The van der Waals surface area contributed by atoms with Crippen LogP contribution in [0.2, 0.25) is 0 Å². The highest BCUT2D eigenvalue weighted by Crippen LogP contribution is 2.32. The molecule has 28 heavy (non-hydrogen) atoms. The van der Waals surface area contributed by atoms with Crippen molar-refractivity contribution in [1.29, 1.82) is 0 Å². The molecule has 2 aromatic carbocycles. The van der Waals surface area contributed by atoms with Gasteiger partial charge in [0.2, 0.25) is 12.7 Å². The van der Waals surface area contributed by atoms with Crippen LogP contribution in [-0.4, -0.2) is 55.2 Å². The molecule has 4 rings (SSSR count). The number of benzene rings is 2. The van der Waals surface area contributed by atoms with Gasteiger partial charge < -0.3 is 19.7 Å². The molecule has 1 N–H and O–H groups in total. The summed E-state index contributed by atoms with van der Waals surface area (Å²) < 4.78 is 10.8. The first-order valence-corrected chi connectivity index (χ1v) is 9.86. The summed E-state index contributed by atoms with van der Waals surface area (Å²) >= 11 is 0. The van der Waals surface area contributed by atoms with E-state index in [9.17, 15) is 4.79 Å². The largest absolute Gasteiger partial charge is 0.454 e. The van der Waals surface area contributed by atoms with E-state index in [2.05, 4.69) is 41.4 Å². The summed E-state index contributed by atoms with van der Waals surface area (Å²) in [6.45, 7) is 6.93. The highest BCUT2D eigenvalue weighted by atomic mass is 16.7. The molecular formula is C22H27N3O3. The standard InChI is InChI=1S/C22H27N3O3/c1-17(19-5-3-2-4-6-19)23-14-22(26)25-11-9-24(10-12-25)15-18-7-8-20-21(13-18)28-16-27-20/h2-8,13,17,23H,9-12,14-16H2,1H3/t17-/m1/s1. The summed E-state index contributed by atoms with van der Waals surface area (Å²) in [5, 5.41) is 3.34. The van der Waals surface area contributed by atoms with Gasteiger partial charge in [0, 0.05) is 38.8 Å². The smallest absolute Gasteiger partial charge is 0.236 e. The van der Waals surface area contributed by atoms with Gasteiger partial charge >= 0.3 is 0 Å². The molecule has 6 nitrogen and oxygen atoms in total. The maximum Gasteiger partial charge on any atom is 0.236 e. The Morgan fingerprint density at radius 2 is 1.79 bits per heavy atom. The molecule has 0 aromatic heterocycles. The number of carbonyl (C=O) groups excluding carboxylic acids is 1. The molecule has 2 aliphatic heterocycles.